The van der Waals surface area contributed by atoms with Gasteiger partial charge >= 0.3 is 0 Å². The maximum atomic E-state index is 12.4. The number of pyridine rings is 1. The lowest BCUT2D eigenvalue weighted by Gasteiger charge is -2.19. The van der Waals surface area contributed by atoms with Crippen molar-refractivity contribution in [3.05, 3.63) is 23.9 Å². The summed E-state index contributed by atoms with van der Waals surface area (Å²) in [6.45, 7) is 2.95. The average Bonchev–Trinajstić information content (AvgIpc) is 3.19. The maximum absolute atomic E-state index is 12.4. The van der Waals surface area contributed by atoms with Crippen molar-refractivity contribution < 1.29 is 8.42 Å². The van der Waals surface area contributed by atoms with E-state index in [-0.39, 0.29) is 5.03 Å². The molecule has 0 atom stereocenters. The SMILES string of the molecule is CCN(CC1CC1)S(=O)(=O)c1ccc(CCl)cn1. The van der Waals surface area contributed by atoms with Gasteiger partial charge in [0.1, 0.15) is 0 Å². The third-order valence-corrected chi connectivity index (χ3v) is 5.23. The Morgan fingerprint density at radius 1 is 1.44 bits per heavy atom. The van der Waals surface area contributed by atoms with Crippen LogP contribution in [-0.2, 0) is 15.9 Å². The lowest BCUT2D eigenvalue weighted by molar-refractivity contribution is 0.410. The van der Waals surface area contributed by atoms with Crippen molar-refractivity contribution in [1.29, 1.82) is 0 Å². The van der Waals surface area contributed by atoms with Crippen molar-refractivity contribution in [3.8, 4) is 0 Å². The van der Waals surface area contributed by atoms with Crippen LogP contribution in [0.15, 0.2) is 23.4 Å². The second-order valence-corrected chi connectivity index (χ2v) is 6.69. The van der Waals surface area contributed by atoms with Crippen LogP contribution in [0, 0.1) is 5.92 Å². The monoisotopic (exact) mass is 288 g/mol. The number of rotatable bonds is 6. The van der Waals surface area contributed by atoms with Crippen LogP contribution in [0.25, 0.3) is 0 Å². The molecule has 100 valence electrons. The van der Waals surface area contributed by atoms with Crippen molar-refractivity contribution in [2.75, 3.05) is 13.1 Å². The molecule has 0 bridgehead atoms. The molecule has 2 rings (SSSR count). The smallest absolute Gasteiger partial charge is 0.243 e. The van der Waals surface area contributed by atoms with Gasteiger partial charge in [0.15, 0.2) is 5.03 Å². The number of nitrogens with zero attached hydrogens (tertiary/aromatic N) is 2. The number of aromatic nitrogens is 1. The summed E-state index contributed by atoms with van der Waals surface area (Å²) < 4.78 is 26.2. The van der Waals surface area contributed by atoms with E-state index in [0.29, 0.717) is 24.9 Å². The van der Waals surface area contributed by atoms with Crippen molar-refractivity contribution in [2.24, 2.45) is 5.92 Å². The van der Waals surface area contributed by atoms with Crippen LogP contribution in [0.3, 0.4) is 0 Å². The zero-order valence-electron chi connectivity index (χ0n) is 10.3. The van der Waals surface area contributed by atoms with E-state index in [9.17, 15) is 8.42 Å². The molecule has 1 heterocycles. The van der Waals surface area contributed by atoms with E-state index in [4.69, 9.17) is 11.6 Å². The van der Waals surface area contributed by atoms with E-state index in [2.05, 4.69) is 4.98 Å². The molecule has 1 aromatic rings. The van der Waals surface area contributed by atoms with E-state index < -0.39 is 10.0 Å². The van der Waals surface area contributed by atoms with Crippen LogP contribution in [0.2, 0.25) is 0 Å². The van der Waals surface area contributed by atoms with Crippen molar-refractivity contribution in [2.45, 2.75) is 30.7 Å². The summed E-state index contributed by atoms with van der Waals surface area (Å²) in [4.78, 5) is 4.00. The maximum Gasteiger partial charge on any atom is 0.260 e. The van der Waals surface area contributed by atoms with Crippen molar-refractivity contribution in [3.63, 3.8) is 0 Å². The van der Waals surface area contributed by atoms with Crippen LogP contribution in [0.5, 0.6) is 0 Å². The van der Waals surface area contributed by atoms with Gasteiger partial charge in [-0.2, -0.15) is 4.31 Å². The minimum atomic E-state index is -3.45. The van der Waals surface area contributed by atoms with E-state index in [0.717, 1.165) is 18.4 Å². The Morgan fingerprint density at radius 2 is 2.17 bits per heavy atom. The fourth-order valence-corrected chi connectivity index (χ4v) is 3.36. The zero-order chi connectivity index (χ0) is 13.2. The molecule has 18 heavy (non-hydrogen) atoms. The summed E-state index contributed by atoms with van der Waals surface area (Å²) in [7, 11) is -3.45. The molecule has 6 heteroatoms. The minimum absolute atomic E-state index is 0.110. The Bertz CT molecular complexity index is 497. The van der Waals surface area contributed by atoms with Gasteiger partial charge in [-0.15, -0.1) is 11.6 Å². The standard InChI is InChI=1S/C12H17ClN2O2S/c1-2-15(9-10-3-4-10)18(16,17)12-6-5-11(7-13)8-14-12/h5-6,8,10H,2-4,7,9H2,1H3. The number of sulfonamides is 1. The number of hydrogen-bond donors (Lipinski definition) is 0. The first kappa shape index (κ1) is 13.8. The van der Waals surface area contributed by atoms with Crippen LogP contribution < -0.4 is 0 Å². The number of alkyl halides is 1. The van der Waals surface area contributed by atoms with E-state index in [1.54, 1.807) is 6.07 Å². The molecule has 0 saturated heterocycles. The van der Waals surface area contributed by atoms with Crippen LogP contribution in [-0.4, -0.2) is 30.8 Å². The van der Waals surface area contributed by atoms with Gasteiger partial charge in [-0.1, -0.05) is 13.0 Å². The lowest BCUT2D eigenvalue weighted by Crippen LogP contribution is -2.33. The van der Waals surface area contributed by atoms with Gasteiger partial charge in [0.2, 0.25) is 0 Å². The molecular weight excluding hydrogens is 272 g/mol. The van der Waals surface area contributed by atoms with Crippen molar-refractivity contribution in [1.82, 2.24) is 9.29 Å². The highest BCUT2D eigenvalue weighted by Gasteiger charge is 2.31. The van der Waals surface area contributed by atoms with Crippen LogP contribution >= 0.6 is 11.6 Å². The van der Waals surface area contributed by atoms with Gasteiger partial charge in [-0.25, -0.2) is 13.4 Å². The predicted octanol–water partition coefficient (Wildman–Crippen LogP) is 2.24. The van der Waals surface area contributed by atoms with Crippen molar-refractivity contribution >= 4 is 21.6 Å². The molecule has 0 amide bonds. The van der Waals surface area contributed by atoms with Gasteiger partial charge in [-0.3, -0.25) is 0 Å². The summed E-state index contributed by atoms with van der Waals surface area (Å²) in [5.74, 6) is 0.870. The molecule has 1 aliphatic rings. The highest BCUT2D eigenvalue weighted by Crippen LogP contribution is 2.31. The van der Waals surface area contributed by atoms with Gasteiger partial charge < -0.3 is 0 Å². The molecule has 0 aromatic carbocycles. The Labute approximate surface area is 113 Å². The minimum Gasteiger partial charge on any atom is -0.243 e. The second kappa shape index (κ2) is 5.55. The first-order valence-corrected chi connectivity index (χ1v) is 8.06. The lowest BCUT2D eigenvalue weighted by atomic mass is 10.3. The Hall–Kier alpha value is -0.650. The molecule has 0 radical (unpaired) electrons. The molecule has 1 fully saturated rings. The normalized spacial score (nSPS) is 16.2. The molecule has 0 N–H and O–H groups in total. The Kier molecular flexibility index (Phi) is 4.25. The third-order valence-electron chi connectivity index (χ3n) is 3.07. The Balaban J connectivity index is 2.21. The predicted molar refractivity (Wildman–Crippen MR) is 71.0 cm³/mol. The van der Waals surface area contributed by atoms with Gasteiger partial charge in [-0.05, 0) is 30.4 Å². The molecular formula is C12H17ClN2O2S. The topological polar surface area (TPSA) is 50.3 Å². The van der Waals surface area contributed by atoms with E-state index in [1.807, 2.05) is 6.92 Å². The first-order chi connectivity index (χ1) is 8.57. The molecule has 1 aromatic heterocycles. The molecule has 0 unspecified atom stereocenters. The number of hydrogen-bond acceptors (Lipinski definition) is 3. The summed E-state index contributed by atoms with van der Waals surface area (Å²) in [6, 6.07) is 3.24. The first-order valence-electron chi connectivity index (χ1n) is 6.09. The van der Waals surface area contributed by atoms with Gasteiger partial charge in [0, 0.05) is 25.2 Å². The Morgan fingerprint density at radius 3 is 2.61 bits per heavy atom. The van der Waals surface area contributed by atoms with E-state index >= 15 is 0 Å². The van der Waals surface area contributed by atoms with Crippen LogP contribution in [0.1, 0.15) is 25.3 Å². The molecule has 1 saturated carbocycles. The summed E-state index contributed by atoms with van der Waals surface area (Å²) in [6.07, 6.45) is 3.78. The summed E-state index contributed by atoms with van der Waals surface area (Å²) in [5, 5.41) is 0.110. The summed E-state index contributed by atoms with van der Waals surface area (Å²) >= 11 is 5.66. The molecule has 0 aliphatic heterocycles. The zero-order valence-corrected chi connectivity index (χ0v) is 11.9. The van der Waals surface area contributed by atoms with E-state index in [1.165, 1.54) is 16.6 Å². The average molecular weight is 289 g/mol. The quantitative estimate of drug-likeness (QED) is 0.754. The number of halogens is 1. The van der Waals surface area contributed by atoms with Gasteiger partial charge in [0.25, 0.3) is 10.0 Å². The fourth-order valence-electron chi connectivity index (χ4n) is 1.76. The van der Waals surface area contributed by atoms with Crippen LogP contribution in [0.4, 0.5) is 0 Å². The largest absolute Gasteiger partial charge is 0.260 e. The molecule has 1 aliphatic carbocycles. The highest BCUT2D eigenvalue weighted by atomic mass is 35.5. The summed E-state index contributed by atoms with van der Waals surface area (Å²) in [5.41, 5.74) is 0.820. The highest BCUT2D eigenvalue weighted by molar-refractivity contribution is 7.89. The second-order valence-electron chi connectivity index (χ2n) is 4.54. The fraction of sp³-hybridized carbons (Fsp3) is 0.583. The molecule has 4 nitrogen and oxygen atoms in total. The van der Waals surface area contributed by atoms with Gasteiger partial charge in [0.05, 0.1) is 0 Å². The molecule has 0 spiro atoms. The third kappa shape index (κ3) is 3.02.